The minimum Gasteiger partial charge on any atom is -0.398 e. The molecule has 1 unspecified atom stereocenters. The molecule has 36 heavy (non-hydrogen) atoms. The zero-order chi connectivity index (χ0) is 27.1. The van der Waals surface area contributed by atoms with Crippen molar-refractivity contribution in [2.75, 3.05) is 25.9 Å². The predicted molar refractivity (Wildman–Crippen MR) is 127 cm³/mol. The van der Waals surface area contributed by atoms with Crippen LogP contribution in [0.15, 0.2) is 48.5 Å². The van der Waals surface area contributed by atoms with Gasteiger partial charge in [-0.3, -0.25) is 0 Å². The van der Waals surface area contributed by atoms with Gasteiger partial charge in [0.1, 0.15) is 17.6 Å². The molecule has 0 aliphatic carbocycles. The smallest absolute Gasteiger partial charge is 0.398 e. The fourth-order valence-corrected chi connectivity index (χ4v) is 3.45. The molecule has 3 aromatic rings. The minimum absolute atomic E-state index is 0.0137. The van der Waals surface area contributed by atoms with E-state index >= 15 is 0 Å². The zero-order valence-corrected chi connectivity index (χ0v) is 20.1. The molecule has 0 radical (unpaired) electrons. The van der Waals surface area contributed by atoms with Gasteiger partial charge in [-0.15, -0.1) is 0 Å². The number of nitrogen functional groups attached to an aromatic ring is 1. The van der Waals surface area contributed by atoms with Gasteiger partial charge >= 0.3 is 12.4 Å². The lowest BCUT2D eigenvalue weighted by Crippen LogP contribution is -2.28. The molecular formula is C24H26ClF7N4. The quantitative estimate of drug-likeness (QED) is 0.328. The molecule has 1 fully saturated rings. The van der Waals surface area contributed by atoms with Gasteiger partial charge in [0.15, 0.2) is 0 Å². The van der Waals surface area contributed by atoms with Crippen LogP contribution in [-0.2, 0) is 6.18 Å². The van der Waals surface area contributed by atoms with Crippen molar-refractivity contribution in [3.63, 3.8) is 0 Å². The number of pyridine rings is 1. The number of anilines is 1. The summed E-state index contributed by atoms with van der Waals surface area (Å²) in [6.07, 6.45) is -4.71. The van der Waals surface area contributed by atoms with Crippen LogP contribution in [0.25, 0.3) is 10.9 Å². The zero-order valence-electron chi connectivity index (χ0n) is 19.3. The van der Waals surface area contributed by atoms with E-state index in [-0.39, 0.29) is 16.8 Å². The lowest BCUT2D eigenvalue weighted by atomic mass is 10.1. The molecule has 4 N–H and O–H groups in total. The van der Waals surface area contributed by atoms with Crippen LogP contribution in [-0.4, -0.2) is 36.2 Å². The van der Waals surface area contributed by atoms with Crippen LogP contribution in [0.3, 0.4) is 0 Å². The Bertz CT molecular complexity index is 1110. The highest BCUT2D eigenvalue weighted by Crippen LogP contribution is 2.33. The molecule has 198 valence electrons. The van der Waals surface area contributed by atoms with E-state index in [0.29, 0.717) is 10.4 Å². The molecule has 1 saturated heterocycles. The molecule has 2 heterocycles. The van der Waals surface area contributed by atoms with E-state index < -0.39 is 29.9 Å². The van der Waals surface area contributed by atoms with Crippen molar-refractivity contribution in [1.82, 2.24) is 9.88 Å². The van der Waals surface area contributed by atoms with E-state index in [9.17, 15) is 30.7 Å². The van der Waals surface area contributed by atoms with E-state index in [2.05, 4.69) is 16.9 Å². The average molecular weight is 539 g/mol. The molecule has 1 aliphatic rings. The molecule has 1 aromatic heterocycles. The highest BCUT2D eigenvalue weighted by molar-refractivity contribution is 6.31. The second-order valence-corrected chi connectivity index (χ2v) is 8.63. The Labute approximate surface area is 209 Å². The number of piperidine rings is 1. The maximum absolute atomic E-state index is 12.4. The van der Waals surface area contributed by atoms with Crippen molar-refractivity contribution in [3.8, 4) is 0 Å². The standard InChI is InChI=1S/C10H6ClF3N2.C8H7F4N.C6H13N/c11-5-1-2-8-6(3-5)7(15)4-9(16-8)10(12,13)14;9-6-3-1-5(2-4-6)7(13)8(10,11)12;1-7-5-3-2-4-6-7/h1-4H,(H2,15,16);1-4,7H,13H2;2-6H2,1H3. The lowest BCUT2D eigenvalue weighted by molar-refractivity contribution is -0.149. The highest BCUT2D eigenvalue weighted by Gasteiger charge is 2.37. The van der Waals surface area contributed by atoms with E-state index in [1.54, 1.807) is 0 Å². The second-order valence-electron chi connectivity index (χ2n) is 8.19. The largest absolute Gasteiger partial charge is 0.433 e. The van der Waals surface area contributed by atoms with Crippen LogP contribution in [0.2, 0.25) is 5.02 Å². The Kier molecular flexibility index (Phi) is 10.3. The number of halogens is 8. The summed E-state index contributed by atoms with van der Waals surface area (Å²) in [4.78, 5) is 5.88. The highest BCUT2D eigenvalue weighted by atomic mass is 35.5. The lowest BCUT2D eigenvalue weighted by Gasteiger charge is -2.20. The molecule has 0 amide bonds. The summed E-state index contributed by atoms with van der Waals surface area (Å²) in [5, 5.41) is 0.821. The maximum Gasteiger partial charge on any atom is 0.433 e. The van der Waals surface area contributed by atoms with Gasteiger partial charge in [0.2, 0.25) is 0 Å². The number of aromatic nitrogens is 1. The van der Waals surface area contributed by atoms with E-state index in [0.717, 1.165) is 30.3 Å². The Morgan fingerprint density at radius 3 is 1.97 bits per heavy atom. The molecule has 1 atom stereocenters. The van der Waals surface area contributed by atoms with Crippen molar-refractivity contribution >= 4 is 28.2 Å². The van der Waals surface area contributed by atoms with Gasteiger partial charge in [-0.1, -0.05) is 30.2 Å². The van der Waals surface area contributed by atoms with Gasteiger partial charge in [-0.25, -0.2) is 9.37 Å². The van der Waals surface area contributed by atoms with E-state index in [1.165, 1.54) is 50.6 Å². The third kappa shape index (κ3) is 9.11. The van der Waals surface area contributed by atoms with Crippen molar-refractivity contribution in [3.05, 3.63) is 70.6 Å². The summed E-state index contributed by atoms with van der Waals surface area (Å²) >= 11 is 5.71. The Morgan fingerprint density at radius 2 is 1.50 bits per heavy atom. The normalized spacial score (nSPS) is 15.4. The van der Waals surface area contributed by atoms with Crippen LogP contribution >= 0.6 is 11.6 Å². The van der Waals surface area contributed by atoms with Crippen LogP contribution < -0.4 is 11.5 Å². The van der Waals surface area contributed by atoms with Crippen molar-refractivity contribution in [2.45, 2.75) is 37.7 Å². The van der Waals surface area contributed by atoms with Gasteiger partial charge in [0.25, 0.3) is 0 Å². The number of fused-ring (bicyclic) bond motifs is 1. The number of likely N-dealkylation sites (tertiary alicyclic amines) is 1. The first kappa shape index (κ1) is 29.6. The topological polar surface area (TPSA) is 68.2 Å². The minimum atomic E-state index is -4.50. The summed E-state index contributed by atoms with van der Waals surface area (Å²) < 4.78 is 85.7. The number of rotatable bonds is 1. The molecule has 12 heteroatoms. The van der Waals surface area contributed by atoms with E-state index in [4.69, 9.17) is 23.1 Å². The molecule has 0 bridgehead atoms. The third-order valence-electron chi connectivity index (χ3n) is 5.25. The van der Waals surface area contributed by atoms with Crippen LogP contribution in [0.5, 0.6) is 0 Å². The summed E-state index contributed by atoms with van der Waals surface area (Å²) in [7, 11) is 2.19. The molecular weight excluding hydrogens is 513 g/mol. The molecule has 1 aliphatic heterocycles. The number of alkyl halides is 6. The summed E-state index contributed by atoms with van der Waals surface area (Å²) in [5.74, 6) is -0.585. The Hall–Kier alpha value is -2.63. The second kappa shape index (κ2) is 12.6. The first-order chi connectivity index (χ1) is 16.7. The first-order valence-electron chi connectivity index (χ1n) is 10.9. The third-order valence-corrected chi connectivity index (χ3v) is 5.49. The summed E-state index contributed by atoms with van der Waals surface area (Å²) in [5.41, 5.74) is 9.45. The van der Waals surface area contributed by atoms with Gasteiger partial charge in [0.05, 0.1) is 5.52 Å². The van der Waals surface area contributed by atoms with Gasteiger partial charge in [-0.2, -0.15) is 26.3 Å². The van der Waals surface area contributed by atoms with Crippen molar-refractivity contribution < 1.29 is 30.7 Å². The average Bonchev–Trinajstić information content (AvgIpc) is 2.80. The van der Waals surface area contributed by atoms with Crippen LogP contribution in [0.4, 0.5) is 36.4 Å². The van der Waals surface area contributed by atoms with Crippen molar-refractivity contribution in [2.24, 2.45) is 5.73 Å². The first-order valence-corrected chi connectivity index (χ1v) is 11.3. The predicted octanol–water partition coefficient (Wildman–Crippen LogP) is 6.98. The van der Waals surface area contributed by atoms with E-state index in [1.807, 2.05) is 0 Å². The summed E-state index contributed by atoms with van der Waals surface area (Å²) in [6, 6.07) is 7.05. The van der Waals surface area contributed by atoms with Crippen LogP contribution in [0.1, 0.15) is 36.6 Å². The fourth-order valence-electron chi connectivity index (χ4n) is 3.28. The summed E-state index contributed by atoms with van der Waals surface area (Å²) in [6.45, 7) is 2.64. The van der Waals surface area contributed by atoms with Gasteiger partial charge < -0.3 is 16.4 Å². The Balaban J connectivity index is 0.000000204. The molecule has 2 aromatic carbocycles. The number of nitrogens with zero attached hydrogens (tertiary/aromatic N) is 2. The molecule has 4 rings (SSSR count). The van der Waals surface area contributed by atoms with Crippen molar-refractivity contribution in [1.29, 1.82) is 0 Å². The fraction of sp³-hybridized carbons (Fsp3) is 0.375. The molecule has 0 saturated carbocycles. The number of benzene rings is 2. The van der Waals surface area contributed by atoms with Gasteiger partial charge in [0, 0.05) is 16.1 Å². The molecule has 4 nitrogen and oxygen atoms in total. The monoisotopic (exact) mass is 538 g/mol. The van der Waals surface area contributed by atoms with Gasteiger partial charge in [-0.05, 0) is 74.9 Å². The molecule has 0 spiro atoms. The Morgan fingerprint density at radius 1 is 0.917 bits per heavy atom. The number of hydrogen-bond donors (Lipinski definition) is 2. The SMILES string of the molecule is CN1CCCCC1.NC(c1ccc(F)cc1)C(F)(F)F.Nc1cc(C(F)(F)F)nc2ccc(Cl)cc12. The van der Waals surface area contributed by atoms with Crippen LogP contribution in [0, 0.1) is 5.82 Å². The maximum atomic E-state index is 12.4. The number of nitrogens with two attached hydrogens (primary N) is 2. The number of hydrogen-bond acceptors (Lipinski definition) is 4.